The number of likely N-dealkylation sites (N-methyl/N-ethyl adjacent to an activating group) is 1. The molecule has 1 aromatic rings. The van der Waals surface area contributed by atoms with Crippen molar-refractivity contribution in [1.29, 1.82) is 0 Å². The van der Waals surface area contributed by atoms with Crippen LogP contribution in [0.25, 0.3) is 0 Å². The molecule has 0 spiro atoms. The highest BCUT2D eigenvalue weighted by atomic mass is 16.2. The number of carbonyl (C=O) groups is 4. The Morgan fingerprint density at radius 3 is 2.14 bits per heavy atom. The minimum absolute atomic E-state index is 0.122. The lowest BCUT2D eigenvalue weighted by Gasteiger charge is -2.24. The average Bonchev–Trinajstić information content (AvgIpc) is 2.70. The van der Waals surface area contributed by atoms with Crippen LogP contribution in [-0.2, 0) is 25.6 Å². The minimum Gasteiger partial charge on any atom is -0.358 e. The van der Waals surface area contributed by atoms with Gasteiger partial charge in [-0.05, 0) is 17.9 Å². The third kappa shape index (κ3) is 9.20. The number of hydrogen-bond donors (Lipinski definition) is 5. The number of hydrogen-bond acceptors (Lipinski definition) is 5. The van der Waals surface area contributed by atoms with Crippen molar-refractivity contribution in [3.63, 3.8) is 0 Å². The van der Waals surface area contributed by atoms with E-state index in [1.54, 1.807) is 0 Å². The topological polar surface area (TPSA) is 142 Å². The quantitative estimate of drug-likeness (QED) is 0.323. The Morgan fingerprint density at radius 1 is 0.931 bits per heavy atom. The molecular formula is C20H31N5O4. The van der Waals surface area contributed by atoms with Crippen LogP contribution in [0, 0.1) is 5.92 Å². The van der Waals surface area contributed by atoms with Gasteiger partial charge in [-0.15, -0.1) is 0 Å². The van der Waals surface area contributed by atoms with Gasteiger partial charge in [0, 0.05) is 13.5 Å². The van der Waals surface area contributed by atoms with Crippen molar-refractivity contribution < 1.29 is 19.2 Å². The lowest BCUT2D eigenvalue weighted by atomic mass is 10.0. The number of carbonyl (C=O) groups excluding carboxylic acids is 4. The molecule has 0 aliphatic carbocycles. The fourth-order valence-corrected chi connectivity index (χ4v) is 2.67. The molecule has 4 amide bonds. The summed E-state index contributed by atoms with van der Waals surface area (Å²) in [4.78, 5) is 48.5. The van der Waals surface area contributed by atoms with E-state index in [9.17, 15) is 19.2 Å². The van der Waals surface area contributed by atoms with E-state index >= 15 is 0 Å². The molecule has 0 aliphatic heterocycles. The number of amides is 4. The molecule has 6 N–H and O–H groups in total. The number of nitrogens with two attached hydrogens (primary N) is 1. The molecule has 9 nitrogen and oxygen atoms in total. The van der Waals surface area contributed by atoms with Gasteiger partial charge in [-0.2, -0.15) is 0 Å². The first-order chi connectivity index (χ1) is 13.8. The summed E-state index contributed by atoms with van der Waals surface area (Å²) in [6, 6.07) is 7.50. The van der Waals surface area contributed by atoms with Gasteiger partial charge in [-0.1, -0.05) is 44.2 Å². The van der Waals surface area contributed by atoms with Crippen molar-refractivity contribution >= 4 is 23.6 Å². The SMILES string of the molecule is CNC(=O)CNC(=O)C(CC(C)C)NC(=O)C(Cc1ccccc1)NC(=O)CN. The number of rotatable bonds is 11. The molecule has 2 unspecified atom stereocenters. The molecule has 29 heavy (non-hydrogen) atoms. The fraction of sp³-hybridized carbons (Fsp3) is 0.500. The summed E-state index contributed by atoms with van der Waals surface area (Å²) in [5.41, 5.74) is 6.22. The maximum absolute atomic E-state index is 12.9. The largest absolute Gasteiger partial charge is 0.358 e. The predicted octanol–water partition coefficient (Wildman–Crippen LogP) is -0.934. The molecule has 0 fully saturated rings. The lowest BCUT2D eigenvalue weighted by molar-refractivity contribution is -0.132. The van der Waals surface area contributed by atoms with Crippen LogP contribution >= 0.6 is 0 Å². The first-order valence-corrected chi connectivity index (χ1v) is 9.58. The Labute approximate surface area is 171 Å². The first kappa shape index (κ1) is 24.1. The highest BCUT2D eigenvalue weighted by Crippen LogP contribution is 2.08. The van der Waals surface area contributed by atoms with Crippen LogP contribution in [0.15, 0.2) is 30.3 Å². The molecule has 0 aromatic heterocycles. The van der Waals surface area contributed by atoms with Gasteiger partial charge in [0.1, 0.15) is 12.1 Å². The second-order valence-corrected chi connectivity index (χ2v) is 7.10. The van der Waals surface area contributed by atoms with Crippen LogP contribution in [-0.4, -0.2) is 55.8 Å². The third-order valence-corrected chi connectivity index (χ3v) is 4.16. The number of nitrogens with one attached hydrogen (secondary N) is 4. The van der Waals surface area contributed by atoms with Crippen molar-refractivity contribution in [2.45, 2.75) is 38.8 Å². The summed E-state index contributed by atoms with van der Waals surface area (Å²) < 4.78 is 0. The van der Waals surface area contributed by atoms with Crippen LogP contribution in [0.3, 0.4) is 0 Å². The zero-order valence-electron chi connectivity index (χ0n) is 17.2. The summed E-state index contributed by atoms with van der Waals surface area (Å²) >= 11 is 0. The van der Waals surface area contributed by atoms with E-state index in [2.05, 4.69) is 21.3 Å². The average molecular weight is 405 g/mol. The van der Waals surface area contributed by atoms with Gasteiger partial charge in [0.15, 0.2) is 0 Å². The zero-order valence-corrected chi connectivity index (χ0v) is 17.2. The maximum Gasteiger partial charge on any atom is 0.243 e. The normalized spacial score (nSPS) is 12.6. The standard InChI is InChI=1S/C20H31N5O4/c1-13(2)9-15(19(28)23-12-18(27)22-3)25-20(29)16(24-17(26)11-21)10-14-7-5-4-6-8-14/h4-8,13,15-16H,9-12,21H2,1-3H3,(H,22,27)(H,23,28)(H,24,26)(H,25,29). The molecule has 0 bridgehead atoms. The Kier molecular flexibility index (Phi) is 10.4. The summed E-state index contributed by atoms with van der Waals surface area (Å²) in [5, 5.41) is 10.2. The highest BCUT2D eigenvalue weighted by Gasteiger charge is 2.27. The highest BCUT2D eigenvalue weighted by molar-refractivity contribution is 5.93. The number of benzene rings is 1. The monoisotopic (exact) mass is 405 g/mol. The summed E-state index contributed by atoms with van der Waals surface area (Å²) in [6.07, 6.45) is 0.640. The second-order valence-electron chi connectivity index (χ2n) is 7.10. The third-order valence-electron chi connectivity index (χ3n) is 4.16. The maximum atomic E-state index is 12.9. The van der Waals surface area contributed by atoms with E-state index in [4.69, 9.17) is 5.73 Å². The Morgan fingerprint density at radius 2 is 1.59 bits per heavy atom. The van der Waals surface area contributed by atoms with Crippen molar-refractivity contribution in [3.8, 4) is 0 Å². The van der Waals surface area contributed by atoms with Crippen molar-refractivity contribution in [2.24, 2.45) is 11.7 Å². The Bertz CT molecular complexity index is 693. The molecule has 1 rings (SSSR count). The second kappa shape index (κ2) is 12.5. The van der Waals surface area contributed by atoms with Gasteiger partial charge in [-0.25, -0.2) is 0 Å². The van der Waals surface area contributed by atoms with Crippen molar-refractivity contribution in [1.82, 2.24) is 21.3 Å². The fourth-order valence-electron chi connectivity index (χ4n) is 2.67. The molecule has 160 valence electrons. The molecule has 0 radical (unpaired) electrons. The summed E-state index contributed by atoms with van der Waals surface area (Å²) in [7, 11) is 1.47. The van der Waals surface area contributed by atoms with E-state index < -0.39 is 29.8 Å². The van der Waals surface area contributed by atoms with Crippen molar-refractivity contribution in [3.05, 3.63) is 35.9 Å². The summed E-state index contributed by atoms with van der Waals surface area (Å²) in [6.45, 7) is 3.41. The summed E-state index contributed by atoms with van der Waals surface area (Å²) in [5.74, 6) is -1.64. The van der Waals surface area contributed by atoms with Crippen LogP contribution in [0.2, 0.25) is 0 Å². The molecule has 0 aliphatic rings. The van der Waals surface area contributed by atoms with Gasteiger partial charge >= 0.3 is 0 Å². The van der Waals surface area contributed by atoms with E-state index in [0.717, 1.165) is 5.56 Å². The Balaban J connectivity index is 2.89. The van der Waals surface area contributed by atoms with E-state index in [1.807, 2.05) is 44.2 Å². The van der Waals surface area contributed by atoms with E-state index in [-0.39, 0.29) is 31.3 Å². The van der Waals surface area contributed by atoms with Gasteiger partial charge in [-0.3, -0.25) is 19.2 Å². The van der Waals surface area contributed by atoms with Crippen molar-refractivity contribution in [2.75, 3.05) is 20.1 Å². The van der Waals surface area contributed by atoms with Crippen LogP contribution < -0.4 is 27.0 Å². The van der Waals surface area contributed by atoms with Gasteiger partial charge in [0.2, 0.25) is 23.6 Å². The zero-order chi connectivity index (χ0) is 21.8. The van der Waals surface area contributed by atoms with Crippen LogP contribution in [0.4, 0.5) is 0 Å². The smallest absolute Gasteiger partial charge is 0.243 e. The van der Waals surface area contributed by atoms with Crippen LogP contribution in [0.5, 0.6) is 0 Å². The van der Waals surface area contributed by atoms with E-state index in [1.165, 1.54) is 7.05 Å². The molecule has 0 saturated carbocycles. The Hall–Kier alpha value is -2.94. The molecule has 2 atom stereocenters. The molecule has 9 heteroatoms. The molecule has 0 saturated heterocycles. The lowest BCUT2D eigenvalue weighted by Crippen LogP contribution is -2.55. The van der Waals surface area contributed by atoms with E-state index in [0.29, 0.717) is 6.42 Å². The predicted molar refractivity (Wildman–Crippen MR) is 110 cm³/mol. The molecule has 0 heterocycles. The minimum atomic E-state index is -0.880. The van der Waals surface area contributed by atoms with Crippen LogP contribution in [0.1, 0.15) is 25.8 Å². The molecule has 1 aromatic carbocycles. The molecular weight excluding hydrogens is 374 g/mol. The first-order valence-electron chi connectivity index (χ1n) is 9.58. The van der Waals surface area contributed by atoms with Gasteiger partial charge in [0.25, 0.3) is 0 Å². The van der Waals surface area contributed by atoms with Gasteiger partial charge < -0.3 is 27.0 Å². The van der Waals surface area contributed by atoms with Gasteiger partial charge in [0.05, 0.1) is 13.1 Å².